The van der Waals surface area contributed by atoms with Crippen LogP contribution in [0.15, 0.2) is 0 Å². The quantitative estimate of drug-likeness (QED) is 0.468. The molecule has 3 fully saturated rings. The first-order chi connectivity index (χ1) is 15.2. The van der Waals surface area contributed by atoms with E-state index in [-0.39, 0.29) is 36.3 Å². The number of hydrogen-bond donors (Lipinski definition) is 3. The molecule has 0 aromatic rings. The number of carbonyl (C=O) groups is 3. The van der Waals surface area contributed by atoms with Gasteiger partial charge in [0.15, 0.2) is 0 Å². The Morgan fingerprint density at radius 1 is 1.22 bits per heavy atom. The van der Waals surface area contributed by atoms with Crippen molar-refractivity contribution in [1.82, 2.24) is 15.5 Å². The number of ether oxygens (including phenoxy) is 1. The predicted molar refractivity (Wildman–Crippen MR) is 121 cm³/mol. The van der Waals surface area contributed by atoms with Crippen LogP contribution in [0.3, 0.4) is 0 Å². The van der Waals surface area contributed by atoms with Gasteiger partial charge in [0.25, 0.3) is 0 Å². The number of hydrogen-bond acceptors (Lipinski definition) is 5. The zero-order valence-corrected chi connectivity index (χ0v) is 20.4. The van der Waals surface area contributed by atoms with E-state index in [1.165, 1.54) is 0 Å². The number of aliphatic hydroxyl groups is 1. The molecule has 8 heteroatoms. The number of aliphatic hydroxyl groups excluding tert-OH is 1. The van der Waals surface area contributed by atoms with Crippen LogP contribution in [0.1, 0.15) is 73.1 Å². The summed E-state index contributed by atoms with van der Waals surface area (Å²) in [5.41, 5.74) is -1.77. The molecule has 0 radical (unpaired) electrons. The van der Waals surface area contributed by atoms with Gasteiger partial charge in [-0.3, -0.25) is 14.4 Å². The second-order valence-corrected chi connectivity index (χ2v) is 10.0. The molecular formula is C24H41N3O5. The number of nitrogens with zero attached hydrogens (tertiary/aromatic N) is 1. The van der Waals surface area contributed by atoms with Crippen LogP contribution < -0.4 is 10.6 Å². The average molecular weight is 452 g/mol. The molecule has 3 heterocycles. The van der Waals surface area contributed by atoms with Gasteiger partial charge in [-0.1, -0.05) is 40.5 Å². The Morgan fingerprint density at radius 3 is 2.44 bits per heavy atom. The van der Waals surface area contributed by atoms with Crippen LogP contribution in [0.25, 0.3) is 0 Å². The van der Waals surface area contributed by atoms with Crippen molar-refractivity contribution in [2.24, 2.45) is 17.8 Å². The highest BCUT2D eigenvalue weighted by molar-refractivity contribution is 5.99. The van der Waals surface area contributed by atoms with E-state index < -0.39 is 35.1 Å². The molecule has 3 saturated heterocycles. The maximum atomic E-state index is 14.0. The van der Waals surface area contributed by atoms with E-state index in [2.05, 4.69) is 17.6 Å². The Balaban J connectivity index is 2.11. The van der Waals surface area contributed by atoms with Crippen LogP contribution in [-0.4, -0.2) is 70.7 Å². The largest absolute Gasteiger partial charge is 0.394 e. The molecule has 32 heavy (non-hydrogen) atoms. The van der Waals surface area contributed by atoms with Crippen LogP contribution >= 0.6 is 0 Å². The standard InChI is InChI=1S/C24H41N3O5/c1-7-10-15(5)26-21(30)19-24-12-11-23(9-3,32-24)17(20(29)25-6)18(24)22(31)27(19)16(13-28)14(4)8-2/h14-19,28H,7-13H2,1-6H3,(H,25,29)(H,26,30)/t14-,15?,16-,17+,18-,19?,23-,24?/m0/s1. The number of likely N-dealkylation sites (tertiary alicyclic amines) is 1. The van der Waals surface area contributed by atoms with E-state index in [0.29, 0.717) is 19.3 Å². The number of carbonyl (C=O) groups excluding carboxylic acids is 3. The van der Waals surface area contributed by atoms with Crippen LogP contribution in [0.2, 0.25) is 0 Å². The summed E-state index contributed by atoms with van der Waals surface area (Å²) in [6.07, 6.45) is 4.32. The van der Waals surface area contributed by atoms with Gasteiger partial charge in [0.1, 0.15) is 11.6 Å². The summed E-state index contributed by atoms with van der Waals surface area (Å²) >= 11 is 0. The Labute approximate surface area is 191 Å². The van der Waals surface area contributed by atoms with Crippen LogP contribution in [0, 0.1) is 17.8 Å². The van der Waals surface area contributed by atoms with Gasteiger partial charge in [-0.15, -0.1) is 0 Å². The summed E-state index contributed by atoms with van der Waals surface area (Å²) in [5.74, 6) is -2.05. The molecule has 8 nitrogen and oxygen atoms in total. The molecule has 3 N–H and O–H groups in total. The minimum atomic E-state index is -1.04. The highest BCUT2D eigenvalue weighted by atomic mass is 16.5. The molecule has 182 valence electrons. The van der Waals surface area contributed by atoms with Crippen LogP contribution in [-0.2, 0) is 19.1 Å². The second kappa shape index (κ2) is 9.29. The molecule has 2 bridgehead atoms. The first-order valence-electron chi connectivity index (χ1n) is 12.3. The van der Waals surface area contributed by atoms with Gasteiger partial charge in [0.2, 0.25) is 17.7 Å². The Bertz CT molecular complexity index is 745. The molecule has 0 aromatic carbocycles. The number of amides is 3. The van der Waals surface area contributed by atoms with Crippen LogP contribution in [0.5, 0.6) is 0 Å². The summed E-state index contributed by atoms with van der Waals surface area (Å²) in [5, 5.41) is 16.1. The van der Waals surface area contributed by atoms with E-state index in [1.54, 1.807) is 11.9 Å². The van der Waals surface area contributed by atoms with E-state index in [9.17, 15) is 19.5 Å². The van der Waals surface area contributed by atoms with E-state index in [0.717, 1.165) is 19.3 Å². The Kier molecular flexibility index (Phi) is 7.25. The van der Waals surface area contributed by atoms with Gasteiger partial charge in [0, 0.05) is 13.1 Å². The summed E-state index contributed by atoms with van der Waals surface area (Å²) in [4.78, 5) is 42.3. The third-order valence-corrected chi connectivity index (χ3v) is 8.35. The zero-order chi connectivity index (χ0) is 23.8. The van der Waals surface area contributed by atoms with Gasteiger partial charge in [-0.05, 0) is 38.5 Å². The minimum Gasteiger partial charge on any atom is -0.394 e. The number of fused-ring (bicyclic) bond motifs is 1. The molecule has 0 aromatic heterocycles. The Hall–Kier alpha value is -1.67. The third-order valence-electron chi connectivity index (χ3n) is 8.35. The lowest BCUT2D eigenvalue weighted by Gasteiger charge is -2.39. The lowest BCUT2D eigenvalue weighted by molar-refractivity contribution is -0.152. The van der Waals surface area contributed by atoms with Crippen molar-refractivity contribution in [3.63, 3.8) is 0 Å². The minimum absolute atomic E-state index is 0.00155. The summed E-state index contributed by atoms with van der Waals surface area (Å²) in [6.45, 7) is 9.76. The SMILES string of the molecule is CCCC(C)NC(=O)C1N([C@@H](CO)[C@@H](C)CC)C(=O)[C@@H]2[C@H](C(=O)NC)[C@]3(CC)CCC12O3. The van der Waals surface area contributed by atoms with Crippen molar-refractivity contribution in [2.45, 2.75) is 102 Å². The maximum absolute atomic E-state index is 14.0. The van der Waals surface area contributed by atoms with E-state index >= 15 is 0 Å². The molecule has 3 aliphatic heterocycles. The fourth-order valence-corrected chi connectivity index (χ4v) is 6.51. The second-order valence-electron chi connectivity index (χ2n) is 10.0. The molecule has 1 spiro atoms. The van der Waals surface area contributed by atoms with Crippen molar-refractivity contribution >= 4 is 17.7 Å². The van der Waals surface area contributed by atoms with E-state index in [4.69, 9.17) is 4.74 Å². The van der Waals surface area contributed by atoms with Crippen molar-refractivity contribution in [3.05, 3.63) is 0 Å². The van der Waals surface area contributed by atoms with Crippen molar-refractivity contribution in [1.29, 1.82) is 0 Å². The first-order valence-corrected chi connectivity index (χ1v) is 12.3. The predicted octanol–water partition coefficient (Wildman–Crippen LogP) is 1.60. The van der Waals surface area contributed by atoms with Gasteiger partial charge >= 0.3 is 0 Å². The third kappa shape index (κ3) is 3.54. The lowest BCUT2D eigenvalue weighted by Crippen LogP contribution is -2.60. The van der Waals surface area contributed by atoms with Crippen molar-refractivity contribution in [3.8, 4) is 0 Å². The van der Waals surface area contributed by atoms with Gasteiger partial charge in [-0.2, -0.15) is 0 Å². The fourth-order valence-electron chi connectivity index (χ4n) is 6.51. The Morgan fingerprint density at radius 2 is 1.91 bits per heavy atom. The maximum Gasteiger partial charge on any atom is 0.246 e. The van der Waals surface area contributed by atoms with Crippen molar-refractivity contribution < 1.29 is 24.2 Å². The topological polar surface area (TPSA) is 108 Å². The summed E-state index contributed by atoms with van der Waals surface area (Å²) in [7, 11) is 1.58. The molecule has 3 aliphatic rings. The van der Waals surface area contributed by atoms with E-state index in [1.807, 2.05) is 27.7 Å². The molecule has 8 atom stereocenters. The highest BCUT2D eigenvalue weighted by Crippen LogP contribution is 2.64. The number of rotatable bonds is 10. The zero-order valence-electron chi connectivity index (χ0n) is 20.4. The lowest BCUT2D eigenvalue weighted by atomic mass is 9.65. The monoisotopic (exact) mass is 451 g/mol. The van der Waals surface area contributed by atoms with Gasteiger partial charge in [-0.25, -0.2) is 0 Å². The highest BCUT2D eigenvalue weighted by Gasteiger charge is 2.79. The smallest absolute Gasteiger partial charge is 0.246 e. The molecule has 0 aliphatic carbocycles. The first kappa shape index (κ1) is 25.0. The van der Waals surface area contributed by atoms with Gasteiger partial charge < -0.3 is 25.4 Å². The average Bonchev–Trinajstić information content (AvgIpc) is 3.37. The molecule has 0 saturated carbocycles. The van der Waals surface area contributed by atoms with Gasteiger partial charge in [0.05, 0.1) is 30.1 Å². The van der Waals surface area contributed by atoms with Crippen molar-refractivity contribution in [2.75, 3.05) is 13.7 Å². The molecular weight excluding hydrogens is 410 g/mol. The summed E-state index contributed by atoms with van der Waals surface area (Å²) in [6, 6.07) is -1.40. The normalized spacial score (nSPS) is 36.0. The summed E-state index contributed by atoms with van der Waals surface area (Å²) < 4.78 is 6.67. The molecule has 3 unspecified atom stereocenters. The molecule has 3 amide bonds. The molecule has 3 rings (SSSR count). The fraction of sp³-hybridized carbons (Fsp3) is 0.875. The van der Waals surface area contributed by atoms with Crippen LogP contribution in [0.4, 0.5) is 0 Å². The number of nitrogens with one attached hydrogen (secondary N) is 2.